The van der Waals surface area contributed by atoms with E-state index in [-0.39, 0.29) is 11.5 Å². The average molecular weight is 236 g/mol. The first-order valence-electron chi connectivity index (χ1n) is 7.65. The number of hydrogen-bond donors (Lipinski definition) is 1. The quantitative estimate of drug-likeness (QED) is 0.710. The zero-order valence-electron chi connectivity index (χ0n) is 11.4. The van der Waals surface area contributed by atoms with Crippen LogP contribution in [0.15, 0.2) is 11.6 Å². The van der Waals surface area contributed by atoms with Gasteiger partial charge in [0.15, 0.2) is 0 Å². The molecule has 1 saturated carbocycles. The summed E-state index contributed by atoms with van der Waals surface area (Å²) < 4.78 is 0. The lowest BCUT2D eigenvalue weighted by Crippen LogP contribution is -2.33. The molecule has 0 heterocycles. The Morgan fingerprint density at radius 3 is 2.53 bits per heavy atom. The number of aliphatic hydroxyl groups excluding tert-OH is 1. The minimum atomic E-state index is -0.145. The Labute approximate surface area is 106 Å². The predicted molar refractivity (Wildman–Crippen MR) is 73.0 cm³/mol. The van der Waals surface area contributed by atoms with Crippen molar-refractivity contribution in [3.05, 3.63) is 11.6 Å². The highest BCUT2D eigenvalue weighted by molar-refractivity contribution is 5.14. The van der Waals surface area contributed by atoms with E-state index in [1.807, 2.05) is 0 Å². The molecule has 1 fully saturated rings. The lowest BCUT2D eigenvalue weighted by atomic mass is 9.73. The fourth-order valence-electron chi connectivity index (χ4n) is 3.76. The Bertz CT molecular complexity index is 261. The third kappa shape index (κ3) is 2.93. The van der Waals surface area contributed by atoms with Crippen molar-refractivity contribution in [1.82, 2.24) is 0 Å². The van der Waals surface area contributed by atoms with Gasteiger partial charge in [0.2, 0.25) is 0 Å². The molecule has 1 unspecified atom stereocenters. The smallest absolute Gasteiger partial charge is 0.0806 e. The summed E-state index contributed by atoms with van der Waals surface area (Å²) in [7, 11) is 0. The van der Waals surface area contributed by atoms with E-state index >= 15 is 0 Å². The van der Waals surface area contributed by atoms with Gasteiger partial charge in [0.25, 0.3) is 0 Å². The summed E-state index contributed by atoms with van der Waals surface area (Å²) in [4.78, 5) is 0. The van der Waals surface area contributed by atoms with Crippen molar-refractivity contribution in [1.29, 1.82) is 0 Å². The normalized spacial score (nSPS) is 27.1. The maximum absolute atomic E-state index is 10.8. The molecule has 17 heavy (non-hydrogen) atoms. The molecule has 1 atom stereocenters. The number of rotatable bonds is 3. The number of allylic oxidation sites excluding steroid dienone is 1. The Balaban J connectivity index is 2.08. The highest BCUT2D eigenvalue weighted by atomic mass is 16.3. The van der Waals surface area contributed by atoms with Crippen LogP contribution in [0.25, 0.3) is 0 Å². The minimum Gasteiger partial charge on any atom is -0.388 e. The van der Waals surface area contributed by atoms with Gasteiger partial charge in [-0.2, -0.15) is 0 Å². The van der Waals surface area contributed by atoms with Crippen LogP contribution in [0.4, 0.5) is 0 Å². The molecule has 0 radical (unpaired) electrons. The molecule has 0 aliphatic heterocycles. The van der Waals surface area contributed by atoms with E-state index in [1.165, 1.54) is 63.4 Å². The molecule has 0 aromatic heterocycles. The molecule has 2 rings (SSSR count). The van der Waals surface area contributed by atoms with Crippen molar-refractivity contribution in [3.8, 4) is 0 Å². The van der Waals surface area contributed by atoms with Crippen LogP contribution >= 0.6 is 0 Å². The van der Waals surface area contributed by atoms with Crippen molar-refractivity contribution in [2.75, 3.05) is 0 Å². The number of aliphatic hydroxyl groups is 1. The zero-order chi connectivity index (χ0) is 12.1. The second-order valence-electron chi connectivity index (χ2n) is 6.06. The van der Waals surface area contributed by atoms with Crippen LogP contribution in [0.5, 0.6) is 0 Å². The SMILES string of the molecule is CCC1(C(O)C2=CCCCCCC2)CCCC1. The Morgan fingerprint density at radius 1 is 1.12 bits per heavy atom. The lowest BCUT2D eigenvalue weighted by Gasteiger charge is -2.35. The second-order valence-corrected chi connectivity index (χ2v) is 6.06. The van der Waals surface area contributed by atoms with Crippen LogP contribution in [0, 0.1) is 5.41 Å². The summed E-state index contributed by atoms with van der Waals surface area (Å²) in [6.07, 6.45) is 16.1. The second kappa shape index (κ2) is 6.04. The van der Waals surface area contributed by atoms with Gasteiger partial charge in [-0.15, -0.1) is 0 Å². The van der Waals surface area contributed by atoms with Gasteiger partial charge in [-0.25, -0.2) is 0 Å². The van der Waals surface area contributed by atoms with E-state index < -0.39 is 0 Å². The van der Waals surface area contributed by atoms with Gasteiger partial charge in [0, 0.05) is 0 Å². The van der Waals surface area contributed by atoms with Crippen LogP contribution in [-0.2, 0) is 0 Å². The average Bonchev–Trinajstić information content (AvgIpc) is 2.77. The summed E-state index contributed by atoms with van der Waals surface area (Å²) >= 11 is 0. The Morgan fingerprint density at radius 2 is 1.82 bits per heavy atom. The van der Waals surface area contributed by atoms with Crippen molar-refractivity contribution < 1.29 is 5.11 Å². The molecule has 2 aliphatic carbocycles. The van der Waals surface area contributed by atoms with Gasteiger partial charge >= 0.3 is 0 Å². The first-order chi connectivity index (χ1) is 8.28. The molecule has 1 N–H and O–H groups in total. The fraction of sp³-hybridized carbons (Fsp3) is 0.875. The summed E-state index contributed by atoms with van der Waals surface area (Å²) in [6, 6.07) is 0. The maximum Gasteiger partial charge on any atom is 0.0806 e. The van der Waals surface area contributed by atoms with E-state index in [1.54, 1.807) is 0 Å². The molecule has 0 saturated heterocycles. The summed E-state index contributed by atoms with van der Waals surface area (Å²) in [5.41, 5.74) is 1.60. The molecule has 98 valence electrons. The molecule has 0 aromatic rings. The molecule has 0 aromatic carbocycles. The van der Waals surface area contributed by atoms with Crippen LogP contribution in [0.3, 0.4) is 0 Å². The standard InChI is InChI=1S/C16H28O/c1-2-16(12-8-9-13-16)15(17)14-10-6-4-3-5-7-11-14/h10,15,17H,2-9,11-13H2,1H3. The van der Waals surface area contributed by atoms with Crippen LogP contribution in [0.2, 0.25) is 0 Å². The first-order valence-corrected chi connectivity index (χ1v) is 7.65. The predicted octanol–water partition coefficient (Wildman–Crippen LogP) is 4.60. The monoisotopic (exact) mass is 236 g/mol. The van der Waals surface area contributed by atoms with Crippen molar-refractivity contribution >= 4 is 0 Å². The number of hydrogen-bond acceptors (Lipinski definition) is 1. The molecule has 0 spiro atoms. The van der Waals surface area contributed by atoms with E-state index in [0.29, 0.717) is 0 Å². The van der Waals surface area contributed by atoms with Gasteiger partial charge < -0.3 is 5.11 Å². The van der Waals surface area contributed by atoms with Gasteiger partial charge in [0.05, 0.1) is 6.10 Å². The van der Waals surface area contributed by atoms with Crippen molar-refractivity contribution in [3.63, 3.8) is 0 Å². The topological polar surface area (TPSA) is 20.2 Å². The van der Waals surface area contributed by atoms with Gasteiger partial charge in [-0.1, -0.05) is 38.7 Å². The fourth-order valence-corrected chi connectivity index (χ4v) is 3.76. The van der Waals surface area contributed by atoms with Gasteiger partial charge in [0.1, 0.15) is 0 Å². The van der Waals surface area contributed by atoms with Crippen LogP contribution < -0.4 is 0 Å². The highest BCUT2D eigenvalue weighted by Gasteiger charge is 2.40. The summed E-state index contributed by atoms with van der Waals surface area (Å²) in [6.45, 7) is 2.26. The first kappa shape index (κ1) is 13.1. The summed E-state index contributed by atoms with van der Waals surface area (Å²) in [5, 5.41) is 10.8. The third-order valence-electron chi connectivity index (χ3n) is 5.06. The molecular formula is C16H28O. The molecular weight excluding hydrogens is 208 g/mol. The molecule has 1 nitrogen and oxygen atoms in total. The van der Waals surface area contributed by atoms with Crippen LogP contribution in [0.1, 0.15) is 77.6 Å². The van der Waals surface area contributed by atoms with Crippen molar-refractivity contribution in [2.45, 2.75) is 83.7 Å². The third-order valence-corrected chi connectivity index (χ3v) is 5.06. The lowest BCUT2D eigenvalue weighted by molar-refractivity contribution is 0.0502. The largest absolute Gasteiger partial charge is 0.388 e. The van der Waals surface area contributed by atoms with Gasteiger partial charge in [-0.3, -0.25) is 0 Å². The van der Waals surface area contributed by atoms with E-state index in [2.05, 4.69) is 13.0 Å². The molecule has 2 aliphatic rings. The highest BCUT2D eigenvalue weighted by Crippen LogP contribution is 2.46. The zero-order valence-corrected chi connectivity index (χ0v) is 11.4. The van der Waals surface area contributed by atoms with Crippen LogP contribution in [-0.4, -0.2) is 11.2 Å². The Kier molecular flexibility index (Phi) is 4.67. The van der Waals surface area contributed by atoms with E-state index in [9.17, 15) is 5.11 Å². The molecule has 0 bridgehead atoms. The Hall–Kier alpha value is -0.300. The molecule has 1 heteroatoms. The summed E-state index contributed by atoms with van der Waals surface area (Å²) in [5.74, 6) is 0. The van der Waals surface area contributed by atoms with Gasteiger partial charge in [-0.05, 0) is 55.9 Å². The van der Waals surface area contributed by atoms with E-state index in [0.717, 1.165) is 12.8 Å². The molecule has 0 amide bonds. The minimum absolute atomic E-state index is 0.145. The van der Waals surface area contributed by atoms with E-state index in [4.69, 9.17) is 0 Å². The maximum atomic E-state index is 10.8. The van der Waals surface area contributed by atoms with Crippen molar-refractivity contribution in [2.24, 2.45) is 5.41 Å².